The molecule has 0 aromatic heterocycles. The molecule has 1 N–H and O–H groups in total. The van der Waals surface area contributed by atoms with Crippen LogP contribution in [0.2, 0.25) is 0 Å². The summed E-state index contributed by atoms with van der Waals surface area (Å²) in [7, 11) is 1.53. The first-order valence-electron chi connectivity index (χ1n) is 20.5. The van der Waals surface area contributed by atoms with E-state index in [1.165, 1.54) is 89.0 Å². The fourth-order valence-corrected chi connectivity index (χ4v) is 15.3. The molecule has 2 heterocycles. The molecule has 49 heavy (non-hydrogen) atoms. The van der Waals surface area contributed by atoms with Gasteiger partial charge in [0.2, 0.25) is 0 Å². The molecule has 8 rings (SSSR count). The number of likely N-dealkylation sites (tertiary alicyclic amines) is 1. The van der Waals surface area contributed by atoms with Gasteiger partial charge >= 0.3 is 5.97 Å². The highest BCUT2D eigenvalue weighted by atomic mass is 16.5. The summed E-state index contributed by atoms with van der Waals surface area (Å²) in [5, 5.41) is 4.35. The smallest absolute Gasteiger partial charge is 0.308 e. The van der Waals surface area contributed by atoms with Crippen LogP contribution in [0.4, 0.5) is 0 Å². The number of morpholine rings is 1. The van der Waals surface area contributed by atoms with Gasteiger partial charge < -0.3 is 14.8 Å². The summed E-state index contributed by atoms with van der Waals surface area (Å²) in [5.74, 6) is 3.59. The molecule has 272 valence electrons. The molecular formula is C44H68N2O3. The zero-order valence-electron chi connectivity index (χ0n) is 32.2. The van der Waals surface area contributed by atoms with Crippen LogP contribution in [-0.2, 0) is 14.3 Å². The highest BCUT2D eigenvalue weighted by Gasteiger charge is 2.70. The van der Waals surface area contributed by atoms with Crippen molar-refractivity contribution >= 4 is 5.97 Å². The maximum atomic E-state index is 12.3. The number of nitrogens with one attached hydrogen (secondary N) is 1. The van der Waals surface area contributed by atoms with E-state index in [1.807, 2.05) is 0 Å². The Bertz CT molecular complexity index is 1410. The number of carbonyl (C=O) groups is 1. The number of esters is 1. The molecule has 5 heteroatoms. The number of carbonyl (C=O) groups excluding carboxylic acids is 1. The molecule has 6 aliphatic carbocycles. The van der Waals surface area contributed by atoms with E-state index in [-0.39, 0.29) is 22.8 Å². The van der Waals surface area contributed by atoms with Gasteiger partial charge in [0.25, 0.3) is 0 Å². The molecule has 0 radical (unpaired) electrons. The second kappa shape index (κ2) is 12.1. The summed E-state index contributed by atoms with van der Waals surface area (Å²) in [6.45, 7) is 24.8. The van der Waals surface area contributed by atoms with Gasteiger partial charge in [0.1, 0.15) is 0 Å². The number of hydrogen-bond acceptors (Lipinski definition) is 5. The van der Waals surface area contributed by atoms with Crippen LogP contribution in [0.15, 0.2) is 35.5 Å². The lowest BCUT2D eigenvalue weighted by molar-refractivity contribution is -0.221. The number of fused-ring (bicyclic) bond motifs is 9. The van der Waals surface area contributed by atoms with Crippen molar-refractivity contribution in [3.63, 3.8) is 0 Å². The van der Waals surface area contributed by atoms with Crippen molar-refractivity contribution in [2.45, 2.75) is 143 Å². The zero-order chi connectivity index (χ0) is 34.6. The Kier molecular flexibility index (Phi) is 8.52. The summed E-state index contributed by atoms with van der Waals surface area (Å²) in [6.07, 6.45) is 21.6. The number of ether oxygens (including phenoxy) is 2. The first-order chi connectivity index (χ1) is 23.3. The lowest BCUT2D eigenvalue weighted by atomic mass is 9.33. The standard InChI is InChI=1S/C44H68N2O3/c1-28(2)33-15-20-44(45-23-24-46-26-32-25-31(46)27-49-32)22-21-42(6)35(38(33)44)13-14-37-41(5)18-16-34(29-9-11-30(12-10-29)39(47)48-8)40(3,4)36(41)17-19-43(37,42)7/h9,16,30-33,35-38,45H,1,10-15,17-27H2,2-8H3/t30-,31?,32-,33-,35+,36-,37+,38+,41-,42+,43+,44-/m0/s1. The highest BCUT2D eigenvalue weighted by molar-refractivity contribution is 5.73. The van der Waals surface area contributed by atoms with Crippen LogP contribution in [0, 0.1) is 57.2 Å². The van der Waals surface area contributed by atoms with E-state index in [0.29, 0.717) is 46.1 Å². The first-order valence-corrected chi connectivity index (χ1v) is 20.5. The van der Waals surface area contributed by atoms with Crippen molar-refractivity contribution in [3.05, 3.63) is 35.5 Å². The van der Waals surface area contributed by atoms with Crippen LogP contribution in [0.5, 0.6) is 0 Å². The normalized spacial score (nSPS) is 48.5. The van der Waals surface area contributed by atoms with Gasteiger partial charge in [0.05, 0.1) is 25.7 Å². The Balaban J connectivity index is 1.04. The van der Waals surface area contributed by atoms with E-state index in [4.69, 9.17) is 9.47 Å². The van der Waals surface area contributed by atoms with Gasteiger partial charge in [0, 0.05) is 31.2 Å². The monoisotopic (exact) mass is 673 g/mol. The molecule has 4 saturated carbocycles. The lowest BCUT2D eigenvalue weighted by Gasteiger charge is -2.72. The Morgan fingerprint density at radius 2 is 1.82 bits per heavy atom. The molecule has 2 bridgehead atoms. The molecule has 0 aromatic carbocycles. The minimum Gasteiger partial charge on any atom is -0.469 e. The Labute approximate surface area is 298 Å². The number of methoxy groups -OCH3 is 1. The van der Waals surface area contributed by atoms with E-state index in [1.54, 1.807) is 5.57 Å². The van der Waals surface area contributed by atoms with Gasteiger partial charge in [-0.3, -0.25) is 9.69 Å². The lowest BCUT2D eigenvalue weighted by Crippen LogP contribution is -2.68. The Morgan fingerprint density at radius 3 is 2.49 bits per heavy atom. The second-order valence-corrected chi connectivity index (χ2v) is 19.9. The van der Waals surface area contributed by atoms with Gasteiger partial charge in [-0.15, -0.1) is 0 Å². The topological polar surface area (TPSA) is 50.8 Å². The molecule has 2 saturated heterocycles. The molecule has 12 atom stereocenters. The molecule has 1 unspecified atom stereocenters. The van der Waals surface area contributed by atoms with Crippen molar-refractivity contribution in [3.8, 4) is 0 Å². The number of nitrogens with zero attached hydrogens (tertiary/aromatic N) is 1. The molecular weight excluding hydrogens is 604 g/mol. The fourth-order valence-electron chi connectivity index (χ4n) is 15.3. The molecule has 5 nitrogen and oxygen atoms in total. The molecule has 6 fully saturated rings. The number of rotatable bonds is 7. The summed E-state index contributed by atoms with van der Waals surface area (Å²) in [6, 6.07) is 0.655. The molecule has 0 amide bonds. The van der Waals surface area contributed by atoms with Crippen molar-refractivity contribution in [1.82, 2.24) is 10.2 Å². The van der Waals surface area contributed by atoms with E-state index < -0.39 is 0 Å². The largest absolute Gasteiger partial charge is 0.469 e. The van der Waals surface area contributed by atoms with Crippen LogP contribution < -0.4 is 5.32 Å². The quantitative estimate of drug-likeness (QED) is 0.216. The summed E-state index contributed by atoms with van der Waals surface area (Å²) >= 11 is 0. The van der Waals surface area contributed by atoms with E-state index in [2.05, 4.69) is 70.5 Å². The molecule has 0 spiro atoms. The average molecular weight is 673 g/mol. The third kappa shape index (κ3) is 5.03. The van der Waals surface area contributed by atoms with Gasteiger partial charge in [-0.05, 0) is 153 Å². The van der Waals surface area contributed by atoms with Crippen molar-refractivity contribution < 1.29 is 14.3 Å². The third-order valence-corrected chi connectivity index (χ3v) is 17.8. The van der Waals surface area contributed by atoms with Crippen molar-refractivity contribution in [1.29, 1.82) is 0 Å². The van der Waals surface area contributed by atoms with Crippen LogP contribution >= 0.6 is 0 Å². The average Bonchev–Trinajstić information content (AvgIpc) is 3.80. The van der Waals surface area contributed by atoms with Crippen LogP contribution in [0.1, 0.15) is 125 Å². The summed E-state index contributed by atoms with van der Waals surface area (Å²) < 4.78 is 11.0. The molecule has 2 aliphatic heterocycles. The van der Waals surface area contributed by atoms with Crippen molar-refractivity contribution in [2.24, 2.45) is 57.2 Å². The predicted molar refractivity (Wildman–Crippen MR) is 198 cm³/mol. The van der Waals surface area contributed by atoms with E-state index in [0.717, 1.165) is 50.8 Å². The zero-order valence-corrected chi connectivity index (χ0v) is 32.2. The maximum Gasteiger partial charge on any atom is 0.308 e. The van der Waals surface area contributed by atoms with Gasteiger partial charge in [0.15, 0.2) is 0 Å². The second-order valence-electron chi connectivity index (χ2n) is 19.9. The minimum atomic E-state index is -0.0393. The van der Waals surface area contributed by atoms with Crippen LogP contribution in [-0.4, -0.2) is 61.9 Å². The predicted octanol–water partition coefficient (Wildman–Crippen LogP) is 8.89. The highest BCUT2D eigenvalue weighted by Crippen LogP contribution is 2.76. The van der Waals surface area contributed by atoms with E-state index in [9.17, 15) is 4.79 Å². The Hall–Kier alpha value is -1.43. The fraction of sp³-hybridized carbons (Fsp3) is 0.841. The molecule has 8 aliphatic rings. The number of allylic oxidation sites excluding steroid dienone is 5. The SMILES string of the molecule is C=C(C)[C@@H]1CC[C@]2(NCCN3C[C@@H]4CC3CO4)CC[C@]3(C)[C@H](CC[C@@H]4[C@@]5(C)CC=C(C6=CC[C@H](C(=O)OC)CC6)C(C)(C)[C@@H]5CC[C@]43C)[C@@H]12. The molecule has 0 aromatic rings. The maximum absolute atomic E-state index is 12.3. The number of hydrogen-bond donors (Lipinski definition) is 1. The van der Waals surface area contributed by atoms with Gasteiger partial charge in [-0.25, -0.2) is 0 Å². The summed E-state index contributed by atoms with van der Waals surface area (Å²) in [4.78, 5) is 15.0. The Morgan fingerprint density at radius 1 is 1.00 bits per heavy atom. The van der Waals surface area contributed by atoms with Gasteiger partial charge in [-0.2, -0.15) is 0 Å². The van der Waals surface area contributed by atoms with E-state index >= 15 is 0 Å². The van der Waals surface area contributed by atoms with Crippen molar-refractivity contribution in [2.75, 3.05) is 33.4 Å². The van der Waals surface area contributed by atoms with Crippen LogP contribution in [0.3, 0.4) is 0 Å². The summed E-state index contributed by atoms with van der Waals surface area (Å²) in [5.41, 5.74) is 6.04. The third-order valence-electron chi connectivity index (χ3n) is 17.8. The first kappa shape index (κ1) is 34.6. The van der Waals surface area contributed by atoms with Crippen LogP contribution in [0.25, 0.3) is 0 Å². The minimum absolute atomic E-state index is 0.0293. The van der Waals surface area contributed by atoms with Gasteiger partial charge in [-0.1, -0.05) is 58.9 Å².